The maximum atomic E-state index is 11.0. The lowest BCUT2D eigenvalue weighted by Crippen LogP contribution is -2.24. The third-order valence-electron chi connectivity index (χ3n) is 4.14. The third-order valence-corrected chi connectivity index (χ3v) is 4.14. The van der Waals surface area contributed by atoms with E-state index in [1.54, 1.807) is 6.07 Å². The largest absolute Gasteiger partial charge is 0.380 e. The average molecular weight is 291 g/mol. The first-order chi connectivity index (χ1) is 10.1. The van der Waals surface area contributed by atoms with Gasteiger partial charge >= 0.3 is 0 Å². The maximum absolute atomic E-state index is 11.0. The molecule has 0 amide bonds. The fourth-order valence-electron chi connectivity index (χ4n) is 2.91. The minimum Gasteiger partial charge on any atom is -0.380 e. The van der Waals surface area contributed by atoms with Crippen molar-refractivity contribution in [3.8, 4) is 0 Å². The van der Waals surface area contributed by atoms with E-state index in [1.165, 1.54) is 19.3 Å². The molecule has 0 aromatic heterocycles. The molecular weight excluding hydrogens is 266 g/mol. The van der Waals surface area contributed by atoms with Gasteiger partial charge in [0.15, 0.2) is 0 Å². The molecule has 1 heterocycles. The van der Waals surface area contributed by atoms with Crippen LogP contribution in [0.15, 0.2) is 18.2 Å². The van der Waals surface area contributed by atoms with Gasteiger partial charge in [0.05, 0.1) is 4.92 Å². The van der Waals surface area contributed by atoms with E-state index >= 15 is 0 Å². The van der Waals surface area contributed by atoms with Crippen molar-refractivity contribution < 1.29 is 4.92 Å². The van der Waals surface area contributed by atoms with Crippen molar-refractivity contribution in [1.29, 1.82) is 0 Å². The van der Waals surface area contributed by atoms with E-state index < -0.39 is 0 Å². The van der Waals surface area contributed by atoms with Crippen LogP contribution in [0.2, 0.25) is 0 Å². The van der Waals surface area contributed by atoms with Crippen LogP contribution in [-0.2, 0) is 6.54 Å². The van der Waals surface area contributed by atoms with Crippen LogP contribution in [0.4, 0.5) is 11.4 Å². The lowest BCUT2D eigenvalue weighted by Gasteiger charge is -2.20. The highest BCUT2D eigenvalue weighted by atomic mass is 16.6. The van der Waals surface area contributed by atoms with Gasteiger partial charge in [0.25, 0.3) is 5.69 Å². The van der Waals surface area contributed by atoms with Crippen molar-refractivity contribution in [1.82, 2.24) is 4.90 Å². The Kier molecular flexibility index (Phi) is 5.56. The minimum absolute atomic E-state index is 0.157. The molecule has 1 aliphatic rings. The summed E-state index contributed by atoms with van der Waals surface area (Å²) in [5.41, 5.74) is 1.93. The van der Waals surface area contributed by atoms with E-state index in [4.69, 9.17) is 0 Å². The van der Waals surface area contributed by atoms with Gasteiger partial charge in [0.2, 0.25) is 0 Å². The van der Waals surface area contributed by atoms with Gasteiger partial charge in [0, 0.05) is 19.2 Å². The highest BCUT2D eigenvalue weighted by Crippen LogP contribution is 2.26. The Labute approximate surface area is 126 Å². The Balaban J connectivity index is 2.09. The van der Waals surface area contributed by atoms with E-state index in [0.29, 0.717) is 12.2 Å². The van der Waals surface area contributed by atoms with Crippen molar-refractivity contribution in [3.05, 3.63) is 33.9 Å². The van der Waals surface area contributed by atoms with Gasteiger partial charge in [0.1, 0.15) is 5.69 Å². The minimum atomic E-state index is -0.324. The van der Waals surface area contributed by atoms with E-state index in [0.717, 1.165) is 31.1 Å². The molecule has 0 aliphatic carbocycles. The van der Waals surface area contributed by atoms with Gasteiger partial charge in [-0.1, -0.05) is 13.0 Å². The van der Waals surface area contributed by atoms with Crippen molar-refractivity contribution >= 4 is 11.4 Å². The van der Waals surface area contributed by atoms with Crippen LogP contribution in [-0.4, -0.2) is 29.5 Å². The molecule has 0 radical (unpaired) electrons. The van der Waals surface area contributed by atoms with Gasteiger partial charge in [-0.15, -0.1) is 0 Å². The molecule has 1 aromatic carbocycles. The zero-order valence-electron chi connectivity index (χ0n) is 13.0. The molecule has 2 rings (SSSR count). The number of nitro groups is 1. The van der Waals surface area contributed by atoms with Crippen molar-refractivity contribution in [2.45, 2.75) is 39.7 Å². The molecule has 116 valence electrons. The normalized spacial score (nSPS) is 20.0. The van der Waals surface area contributed by atoms with E-state index in [9.17, 15) is 10.1 Å². The molecule has 1 saturated heterocycles. The Morgan fingerprint density at radius 1 is 1.38 bits per heavy atom. The molecule has 1 N–H and O–H groups in total. The number of likely N-dealkylation sites (tertiary alicyclic amines) is 1. The smallest absolute Gasteiger partial charge is 0.292 e. The predicted octanol–water partition coefficient (Wildman–Crippen LogP) is 3.65. The molecular formula is C16H25N3O2. The number of rotatable bonds is 5. The third kappa shape index (κ3) is 4.43. The summed E-state index contributed by atoms with van der Waals surface area (Å²) in [4.78, 5) is 13.2. The second-order valence-corrected chi connectivity index (χ2v) is 5.95. The van der Waals surface area contributed by atoms with Gasteiger partial charge in [-0.05, 0) is 56.8 Å². The summed E-state index contributed by atoms with van der Waals surface area (Å²) < 4.78 is 0. The van der Waals surface area contributed by atoms with Gasteiger partial charge in [-0.2, -0.15) is 0 Å². The molecule has 1 aliphatic heterocycles. The van der Waals surface area contributed by atoms with E-state index in [2.05, 4.69) is 17.1 Å². The number of anilines is 1. The summed E-state index contributed by atoms with van der Waals surface area (Å²) in [6.07, 6.45) is 3.79. The highest BCUT2D eigenvalue weighted by Gasteiger charge is 2.17. The van der Waals surface area contributed by atoms with Gasteiger partial charge in [-0.25, -0.2) is 0 Å². The second-order valence-electron chi connectivity index (χ2n) is 5.95. The lowest BCUT2D eigenvalue weighted by molar-refractivity contribution is -0.384. The first-order valence-electron chi connectivity index (χ1n) is 7.83. The Morgan fingerprint density at radius 2 is 2.19 bits per heavy atom. The molecule has 0 spiro atoms. The van der Waals surface area contributed by atoms with Crippen LogP contribution in [0.25, 0.3) is 0 Å². The Bertz CT molecular complexity index is 490. The second kappa shape index (κ2) is 7.41. The SMILES string of the molecule is CCNc1cc(CN2CCCC(C)CC2)ccc1[N+](=O)[O-]. The first kappa shape index (κ1) is 15.8. The molecule has 1 aromatic rings. The van der Waals surface area contributed by atoms with Crippen LogP contribution in [0.5, 0.6) is 0 Å². The van der Waals surface area contributed by atoms with Crippen LogP contribution in [0.1, 0.15) is 38.7 Å². The number of nitrogens with zero attached hydrogens (tertiary/aromatic N) is 2. The van der Waals surface area contributed by atoms with E-state index in [1.807, 2.05) is 19.1 Å². The molecule has 0 saturated carbocycles. The zero-order valence-corrected chi connectivity index (χ0v) is 13.0. The summed E-state index contributed by atoms with van der Waals surface area (Å²) in [5.74, 6) is 0.809. The molecule has 5 heteroatoms. The molecule has 5 nitrogen and oxygen atoms in total. The first-order valence-corrected chi connectivity index (χ1v) is 7.83. The van der Waals surface area contributed by atoms with Crippen molar-refractivity contribution in [3.63, 3.8) is 0 Å². The van der Waals surface area contributed by atoms with Crippen LogP contribution >= 0.6 is 0 Å². The highest BCUT2D eigenvalue weighted by molar-refractivity contribution is 5.62. The molecule has 1 atom stereocenters. The number of nitro benzene ring substituents is 1. The maximum Gasteiger partial charge on any atom is 0.292 e. The summed E-state index contributed by atoms with van der Waals surface area (Å²) in [6, 6.07) is 5.43. The van der Waals surface area contributed by atoms with Crippen LogP contribution < -0.4 is 5.32 Å². The monoisotopic (exact) mass is 291 g/mol. The van der Waals surface area contributed by atoms with Crippen molar-refractivity contribution in [2.24, 2.45) is 5.92 Å². The standard InChI is InChI=1S/C16H25N3O2/c1-3-17-15-11-14(6-7-16(15)19(20)21)12-18-9-4-5-13(2)8-10-18/h6-7,11,13,17H,3-5,8-10,12H2,1-2H3. The Hall–Kier alpha value is -1.62. The van der Waals surface area contributed by atoms with E-state index in [-0.39, 0.29) is 10.6 Å². The molecule has 0 bridgehead atoms. The lowest BCUT2D eigenvalue weighted by atomic mass is 10.0. The fraction of sp³-hybridized carbons (Fsp3) is 0.625. The van der Waals surface area contributed by atoms with Crippen LogP contribution in [0.3, 0.4) is 0 Å². The molecule has 21 heavy (non-hydrogen) atoms. The van der Waals surface area contributed by atoms with Gasteiger partial charge < -0.3 is 5.32 Å². The fourth-order valence-corrected chi connectivity index (χ4v) is 2.91. The predicted molar refractivity (Wildman–Crippen MR) is 85.6 cm³/mol. The molecule has 1 unspecified atom stereocenters. The summed E-state index contributed by atoms with van der Waals surface area (Å²) in [5, 5.41) is 14.1. The molecule has 1 fully saturated rings. The number of hydrogen-bond donors (Lipinski definition) is 1. The number of benzene rings is 1. The van der Waals surface area contributed by atoms with Gasteiger partial charge in [-0.3, -0.25) is 15.0 Å². The number of nitrogens with one attached hydrogen (secondary N) is 1. The quantitative estimate of drug-likeness (QED) is 0.664. The average Bonchev–Trinajstić information content (AvgIpc) is 2.64. The van der Waals surface area contributed by atoms with Crippen molar-refractivity contribution in [2.75, 3.05) is 25.0 Å². The zero-order chi connectivity index (χ0) is 15.2. The summed E-state index contributed by atoms with van der Waals surface area (Å²) in [7, 11) is 0. The summed E-state index contributed by atoms with van der Waals surface area (Å²) >= 11 is 0. The number of hydrogen-bond acceptors (Lipinski definition) is 4. The Morgan fingerprint density at radius 3 is 2.90 bits per heavy atom. The topological polar surface area (TPSA) is 58.4 Å². The summed E-state index contributed by atoms with van der Waals surface area (Å²) in [6.45, 7) is 8.08. The van der Waals surface area contributed by atoms with Crippen LogP contribution in [0, 0.1) is 16.0 Å².